The molecule has 21 heavy (non-hydrogen) atoms. The topological polar surface area (TPSA) is 29.5 Å². The molecule has 0 aliphatic carbocycles. The van der Waals surface area contributed by atoms with Gasteiger partial charge < -0.3 is 9.64 Å². The highest BCUT2D eigenvalue weighted by atomic mass is 79.9. The zero-order valence-electron chi connectivity index (χ0n) is 12.0. The first-order valence-electron chi connectivity index (χ1n) is 6.82. The molecule has 0 aromatic heterocycles. The number of halogens is 1. The second kappa shape index (κ2) is 5.53. The Labute approximate surface area is 132 Å². The molecule has 2 aromatic carbocycles. The van der Waals surface area contributed by atoms with Gasteiger partial charge in [0.15, 0.2) is 6.73 Å². The van der Waals surface area contributed by atoms with E-state index in [0.717, 1.165) is 22.3 Å². The Morgan fingerprint density at radius 1 is 1.24 bits per heavy atom. The van der Waals surface area contributed by atoms with Gasteiger partial charge in [0, 0.05) is 16.6 Å². The highest BCUT2D eigenvalue weighted by Crippen LogP contribution is 2.43. The Morgan fingerprint density at radius 2 is 2.00 bits per heavy atom. The van der Waals surface area contributed by atoms with Crippen LogP contribution in [0, 0.1) is 13.8 Å². The summed E-state index contributed by atoms with van der Waals surface area (Å²) in [7, 11) is 0. The second-order valence-corrected chi connectivity index (χ2v) is 6.10. The van der Waals surface area contributed by atoms with Crippen LogP contribution in [-0.4, -0.2) is 13.2 Å². The van der Waals surface area contributed by atoms with Crippen LogP contribution in [0.1, 0.15) is 22.3 Å². The molecule has 0 N–H and O–H groups in total. The van der Waals surface area contributed by atoms with Crippen LogP contribution in [-0.2, 0) is 16.0 Å². The average molecular weight is 346 g/mol. The van der Waals surface area contributed by atoms with Crippen LogP contribution < -0.4 is 4.90 Å². The predicted molar refractivity (Wildman–Crippen MR) is 87.0 cm³/mol. The summed E-state index contributed by atoms with van der Waals surface area (Å²) < 4.78 is 6.17. The molecule has 0 radical (unpaired) electrons. The van der Waals surface area contributed by atoms with Gasteiger partial charge >= 0.3 is 0 Å². The molecule has 0 unspecified atom stereocenters. The van der Waals surface area contributed by atoms with Crippen LogP contribution in [0.2, 0.25) is 0 Å². The third-order valence-corrected chi connectivity index (χ3v) is 4.91. The maximum atomic E-state index is 10.6. The lowest BCUT2D eigenvalue weighted by atomic mass is 9.92. The number of fused-ring (bicyclic) bond motifs is 2. The van der Waals surface area contributed by atoms with Crippen molar-refractivity contribution in [2.45, 2.75) is 20.3 Å². The summed E-state index contributed by atoms with van der Waals surface area (Å²) in [5.74, 6) is 0. The molecule has 0 saturated carbocycles. The Morgan fingerprint density at radius 3 is 2.76 bits per heavy atom. The van der Waals surface area contributed by atoms with E-state index in [9.17, 15) is 4.79 Å². The van der Waals surface area contributed by atoms with Crippen LogP contribution >= 0.6 is 15.9 Å². The van der Waals surface area contributed by atoms with E-state index in [0.29, 0.717) is 6.47 Å². The van der Waals surface area contributed by atoms with Crippen molar-refractivity contribution in [2.24, 2.45) is 0 Å². The fraction of sp³-hybridized carbons (Fsp3) is 0.235. The zero-order chi connectivity index (χ0) is 15.0. The van der Waals surface area contributed by atoms with Crippen molar-refractivity contribution in [2.75, 3.05) is 11.6 Å². The molecule has 3 rings (SSSR count). The molecule has 3 nitrogen and oxygen atoms in total. The molecular weight excluding hydrogens is 330 g/mol. The van der Waals surface area contributed by atoms with E-state index >= 15 is 0 Å². The highest BCUT2D eigenvalue weighted by Gasteiger charge is 2.25. The Balaban J connectivity index is 2.20. The van der Waals surface area contributed by atoms with Crippen LogP contribution in [0.5, 0.6) is 0 Å². The number of ether oxygens (including phenoxy) is 1. The number of benzene rings is 2. The number of rotatable bonds is 3. The van der Waals surface area contributed by atoms with Crippen LogP contribution in [0.3, 0.4) is 0 Å². The number of nitrogens with zero attached hydrogens (tertiary/aromatic N) is 1. The Hall–Kier alpha value is -1.81. The molecule has 1 aliphatic rings. The minimum Gasteiger partial charge on any atom is -0.446 e. The first kappa shape index (κ1) is 14.1. The summed E-state index contributed by atoms with van der Waals surface area (Å²) in [6.45, 7) is 4.94. The second-order valence-electron chi connectivity index (χ2n) is 5.24. The zero-order valence-corrected chi connectivity index (χ0v) is 13.6. The van der Waals surface area contributed by atoms with Crippen molar-refractivity contribution in [3.05, 3.63) is 57.1 Å². The van der Waals surface area contributed by atoms with Crippen LogP contribution in [0.15, 0.2) is 34.8 Å². The largest absolute Gasteiger partial charge is 0.446 e. The van der Waals surface area contributed by atoms with Gasteiger partial charge in [-0.3, -0.25) is 4.79 Å². The van der Waals surface area contributed by atoms with E-state index in [4.69, 9.17) is 4.74 Å². The van der Waals surface area contributed by atoms with E-state index < -0.39 is 0 Å². The van der Waals surface area contributed by atoms with Gasteiger partial charge in [0.05, 0.1) is 5.69 Å². The molecule has 1 heterocycles. The number of carbonyl (C=O) groups excluding carboxylic acids is 1. The highest BCUT2D eigenvalue weighted by molar-refractivity contribution is 9.10. The molecular formula is C17H16BrNO2. The third kappa shape index (κ3) is 2.33. The fourth-order valence-corrected chi connectivity index (χ4v) is 3.50. The van der Waals surface area contributed by atoms with Crippen molar-refractivity contribution < 1.29 is 9.53 Å². The standard InChI is InChI=1S/C17H16BrNO2/c1-11-12(2)17-14(8-15(11)18)7-13-5-3-4-6-16(13)19(17)9-21-10-20/h3-6,8,10H,7,9H2,1-2H3. The van der Waals surface area contributed by atoms with Crippen molar-refractivity contribution in [3.8, 4) is 0 Å². The summed E-state index contributed by atoms with van der Waals surface area (Å²) in [6, 6.07) is 10.4. The van der Waals surface area contributed by atoms with Crippen LogP contribution in [0.4, 0.5) is 11.4 Å². The van der Waals surface area contributed by atoms with E-state index in [-0.39, 0.29) is 6.73 Å². The first-order chi connectivity index (χ1) is 10.1. The molecule has 108 valence electrons. The van der Waals surface area contributed by atoms with Gasteiger partial charge in [0.1, 0.15) is 0 Å². The molecule has 0 bridgehead atoms. The molecule has 0 amide bonds. The quantitative estimate of drug-likeness (QED) is 0.779. The summed E-state index contributed by atoms with van der Waals surface area (Å²) in [4.78, 5) is 12.7. The predicted octanol–water partition coefficient (Wildman–Crippen LogP) is 4.24. The van der Waals surface area contributed by atoms with Crippen molar-refractivity contribution in [1.82, 2.24) is 0 Å². The SMILES string of the molecule is Cc1c(Br)cc2c(c1C)N(COC=O)c1ccccc1C2. The number of para-hydroxylation sites is 1. The lowest BCUT2D eigenvalue weighted by Gasteiger charge is -2.34. The summed E-state index contributed by atoms with van der Waals surface area (Å²) in [5.41, 5.74) is 7.17. The van der Waals surface area contributed by atoms with Gasteiger partial charge in [-0.25, -0.2) is 0 Å². The summed E-state index contributed by atoms with van der Waals surface area (Å²) in [6.07, 6.45) is 0.892. The third-order valence-electron chi connectivity index (χ3n) is 4.09. The molecule has 0 fully saturated rings. The van der Waals surface area contributed by atoms with Crippen molar-refractivity contribution >= 4 is 33.8 Å². The molecule has 0 atom stereocenters. The van der Waals surface area contributed by atoms with E-state index in [1.54, 1.807) is 0 Å². The van der Waals surface area contributed by atoms with Gasteiger partial charge in [-0.1, -0.05) is 34.1 Å². The summed E-state index contributed by atoms with van der Waals surface area (Å²) in [5, 5.41) is 0. The maximum Gasteiger partial charge on any atom is 0.294 e. The van der Waals surface area contributed by atoms with Crippen LogP contribution in [0.25, 0.3) is 0 Å². The molecule has 1 aliphatic heterocycles. The Kier molecular flexibility index (Phi) is 3.72. The maximum absolute atomic E-state index is 10.6. The Bertz CT molecular complexity index is 712. The minimum atomic E-state index is 0.232. The number of hydrogen-bond acceptors (Lipinski definition) is 3. The van der Waals surface area contributed by atoms with Gasteiger partial charge in [-0.2, -0.15) is 0 Å². The van der Waals surface area contributed by atoms with Gasteiger partial charge in [0.25, 0.3) is 6.47 Å². The minimum absolute atomic E-state index is 0.232. The molecule has 4 heteroatoms. The molecule has 0 spiro atoms. The smallest absolute Gasteiger partial charge is 0.294 e. The molecule has 0 saturated heterocycles. The van der Waals surface area contributed by atoms with Gasteiger partial charge in [0.2, 0.25) is 0 Å². The fourth-order valence-electron chi connectivity index (χ4n) is 2.93. The van der Waals surface area contributed by atoms with E-state index in [1.807, 2.05) is 12.1 Å². The summed E-state index contributed by atoms with van der Waals surface area (Å²) >= 11 is 3.63. The van der Waals surface area contributed by atoms with E-state index in [1.165, 1.54) is 22.3 Å². The monoisotopic (exact) mass is 345 g/mol. The molecule has 2 aromatic rings. The first-order valence-corrected chi connectivity index (χ1v) is 7.62. The number of hydrogen-bond donors (Lipinski definition) is 0. The van der Waals surface area contributed by atoms with Gasteiger partial charge in [-0.05, 0) is 48.2 Å². The number of anilines is 2. The van der Waals surface area contributed by atoms with Gasteiger partial charge in [-0.15, -0.1) is 0 Å². The van der Waals surface area contributed by atoms with E-state index in [2.05, 4.69) is 52.9 Å². The lowest BCUT2D eigenvalue weighted by molar-refractivity contribution is -0.128. The normalized spacial score (nSPS) is 12.6. The van der Waals surface area contributed by atoms with Crippen molar-refractivity contribution in [1.29, 1.82) is 0 Å². The lowest BCUT2D eigenvalue weighted by Crippen LogP contribution is -2.27. The number of carbonyl (C=O) groups is 1. The average Bonchev–Trinajstić information content (AvgIpc) is 2.49. The van der Waals surface area contributed by atoms with Crippen molar-refractivity contribution in [3.63, 3.8) is 0 Å².